The van der Waals surface area contributed by atoms with Crippen LogP contribution >= 0.6 is 0 Å². The molecule has 27 heavy (non-hydrogen) atoms. The van der Waals surface area contributed by atoms with E-state index in [2.05, 4.69) is 29.7 Å². The first kappa shape index (κ1) is 20.6. The Morgan fingerprint density at radius 3 is 2.00 bits per heavy atom. The van der Waals surface area contributed by atoms with Crippen molar-refractivity contribution < 1.29 is 14.3 Å². The fraction of sp³-hybridized carbons (Fsp3) is 0.409. The number of hydrogen-bond acceptors (Lipinski definition) is 3. The SMILES string of the molecule is CCC(NC(=O)NC(C)CCc1ccc(OC)cc1)c1ccc(OC)cc1. The third-order valence-electron chi connectivity index (χ3n) is 4.63. The molecule has 0 radical (unpaired) electrons. The minimum Gasteiger partial charge on any atom is -0.497 e. The Kier molecular flexibility index (Phi) is 7.99. The van der Waals surface area contributed by atoms with Gasteiger partial charge >= 0.3 is 6.03 Å². The lowest BCUT2D eigenvalue weighted by Crippen LogP contribution is -2.42. The van der Waals surface area contributed by atoms with Crippen molar-refractivity contribution in [2.45, 2.75) is 45.2 Å². The summed E-state index contributed by atoms with van der Waals surface area (Å²) in [6.45, 7) is 4.08. The standard InChI is InChI=1S/C22H30N2O3/c1-5-21(18-10-14-20(27-4)15-11-18)24-22(25)23-16(2)6-7-17-8-12-19(26-3)13-9-17/h8-16,21H,5-7H2,1-4H3,(H2,23,24,25). The van der Waals surface area contributed by atoms with Crippen LogP contribution in [0.2, 0.25) is 0 Å². The van der Waals surface area contributed by atoms with Gasteiger partial charge in [-0.25, -0.2) is 4.79 Å². The number of carbonyl (C=O) groups excluding carboxylic acids is 1. The Balaban J connectivity index is 1.81. The van der Waals surface area contributed by atoms with Gasteiger partial charge in [0.1, 0.15) is 11.5 Å². The normalized spacial score (nSPS) is 12.7. The minimum absolute atomic E-state index is 0.0234. The van der Waals surface area contributed by atoms with Crippen LogP contribution in [-0.2, 0) is 6.42 Å². The summed E-state index contributed by atoms with van der Waals surface area (Å²) in [5.74, 6) is 1.67. The Bertz CT molecular complexity index is 699. The summed E-state index contributed by atoms with van der Waals surface area (Å²) in [5.41, 5.74) is 2.30. The van der Waals surface area contributed by atoms with Gasteiger partial charge in [-0.15, -0.1) is 0 Å². The molecule has 2 aromatic rings. The van der Waals surface area contributed by atoms with Gasteiger partial charge in [-0.3, -0.25) is 0 Å². The molecule has 2 aromatic carbocycles. The number of urea groups is 1. The predicted molar refractivity (Wildman–Crippen MR) is 108 cm³/mol. The van der Waals surface area contributed by atoms with E-state index in [-0.39, 0.29) is 18.1 Å². The van der Waals surface area contributed by atoms with Crippen molar-refractivity contribution >= 4 is 6.03 Å². The number of methoxy groups -OCH3 is 2. The molecule has 0 saturated heterocycles. The average molecular weight is 370 g/mol. The van der Waals surface area contributed by atoms with Gasteiger partial charge in [0.2, 0.25) is 0 Å². The largest absolute Gasteiger partial charge is 0.497 e. The second kappa shape index (κ2) is 10.5. The molecule has 0 heterocycles. The van der Waals surface area contributed by atoms with Crippen LogP contribution in [0, 0.1) is 0 Å². The number of nitrogens with one attached hydrogen (secondary N) is 2. The highest BCUT2D eigenvalue weighted by Crippen LogP contribution is 2.20. The Morgan fingerprint density at radius 1 is 0.926 bits per heavy atom. The maximum Gasteiger partial charge on any atom is 0.315 e. The molecule has 0 aliphatic rings. The monoisotopic (exact) mass is 370 g/mol. The van der Waals surface area contributed by atoms with Gasteiger partial charge < -0.3 is 20.1 Å². The summed E-state index contributed by atoms with van der Waals surface area (Å²) in [6.07, 6.45) is 2.60. The lowest BCUT2D eigenvalue weighted by atomic mass is 10.0. The molecule has 146 valence electrons. The molecule has 2 amide bonds. The molecule has 5 nitrogen and oxygen atoms in total. The third kappa shape index (κ3) is 6.51. The van der Waals surface area contributed by atoms with E-state index in [0.29, 0.717) is 0 Å². The molecule has 5 heteroatoms. The van der Waals surface area contributed by atoms with E-state index in [1.54, 1.807) is 14.2 Å². The molecule has 0 aliphatic heterocycles. The fourth-order valence-corrected chi connectivity index (χ4v) is 2.93. The quantitative estimate of drug-likeness (QED) is 0.684. The van der Waals surface area contributed by atoms with Crippen LogP contribution in [0.3, 0.4) is 0 Å². The van der Waals surface area contributed by atoms with Crippen molar-refractivity contribution in [2.24, 2.45) is 0 Å². The molecule has 0 aliphatic carbocycles. The molecule has 0 bridgehead atoms. The van der Waals surface area contributed by atoms with Gasteiger partial charge in [-0.05, 0) is 61.6 Å². The summed E-state index contributed by atoms with van der Waals surface area (Å²) in [7, 11) is 3.31. The number of aryl methyl sites for hydroxylation is 1. The molecule has 2 atom stereocenters. The van der Waals surface area contributed by atoms with Crippen LogP contribution in [0.5, 0.6) is 11.5 Å². The van der Waals surface area contributed by atoms with Crippen LogP contribution in [-0.4, -0.2) is 26.3 Å². The second-order valence-electron chi connectivity index (χ2n) is 6.64. The highest BCUT2D eigenvalue weighted by atomic mass is 16.5. The predicted octanol–water partition coefficient (Wildman–Crippen LogP) is 4.48. The second-order valence-corrected chi connectivity index (χ2v) is 6.64. The van der Waals surface area contributed by atoms with Crippen LogP contribution in [0.1, 0.15) is 43.9 Å². The van der Waals surface area contributed by atoms with Crippen molar-refractivity contribution in [3.8, 4) is 11.5 Å². The van der Waals surface area contributed by atoms with Gasteiger partial charge in [0.15, 0.2) is 0 Å². The first-order valence-corrected chi connectivity index (χ1v) is 9.39. The van der Waals surface area contributed by atoms with E-state index in [4.69, 9.17) is 9.47 Å². The Labute approximate surface area is 162 Å². The first-order valence-electron chi connectivity index (χ1n) is 9.39. The van der Waals surface area contributed by atoms with E-state index < -0.39 is 0 Å². The van der Waals surface area contributed by atoms with E-state index in [1.165, 1.54) is 5.56 Å². The average Bonchev–Trinajstić information content (AvgIpc) is 2.71. The number of rotatable bonds is 9. The summed E-state index contributed by atoms with van der Waals surface area (Å²) >= 11 is 0. The van der Waals surface area contributed by atoms with E-state index in [0.717, 1.165) is 36.3 Å². The molecular formula is C22H30N2O3. The zero-order chi connectivity index (χ0) is 19.6. The summed E-state index contributed by atoms with van der Waals surface area (Å²) in [5, 5.41) is 6.09. The highest BCUT2D eigenvalue weighted by Gasteiger charge is 2.14. The summed E-state index contributed by atoms with van der Waals surface area (Å²) < 4.78 is 10.4. The fourth-order valence-electron chi connectivity index (χ4n) is 2.93. The van der Waals surface area contributed by atoms with Crippen LogP contribution in [0.25, 0.3) is 0 Å². The number of amides is 2. The zero-order valence-corrected chi connectivity index (χ0v) is 16.6. The minimum atomic E-state index is -0.139. The van der Waals surface area contributed by atoms with E-state index >= 15 is 0 Å². The van der Waals surface area contributed by atoms with Crippen molar-refractivity contribution in [3.63, 3.8) is 0 Å². The van der Waals surface area contributed by atoms with Crippen LogP contribution in [0.15, 0.2) is 48.5 Å². The maximum atomic E-state index is 12.4. The van der Waals surface area contributed by atoms with Crippen LogP contribution < -0.4 is 20.1 Å². The summed E-state index contributed by atoms with van der Waals surface area (Å²) in [6, 6.07) is 15.8. The Morgan fingerprint density at radius 2 is 1.48 bits per heavy atom. The van der Waals surface area contributed by atoms with Gasteiger partial charge in [-0.2, -0.15) is 0 Å². The highest BCUT2D eigenvalue weighted by molar-refractivity contribution is 5.74. The first-order chi connectivity index (χ1) is 13.0. The van der Waals surface area contributed by atoms with Crippen molar-refractivity contribution in [1.29, 1.82) is 0 Å². The van der Waals surface area contributed by atoms with Crippen LogP contribution in [0.4, 0.5) is 4.79 Å². The Hall–Kier alpha value is -2.69. The zero-order valence-electron chi connectivity index (χ0n) is 16.6. The molecule has 2 N–H and O–H groups in total. The van der Waals surface area contributed by atoms with Gasteiger partial charge in [0, 0.05) is 6.04 Å². The number of hydrogen-bond donors (Lipinski definition) is 2. The smallest absolute Gasteiger partial charge is 0.315 e. The van der Waals surface area contributed by atoms with Gasteiger partial charge in [0.05, 0.1) is 20.3 Å². The molecule has 2 unspecified atom stereocenters. The summed E-state index contributed by atoms with van der Waals surface area (Å²) in [4.78, 5) is 12.4. The molecule has 0 saturated carbocycles. The topological polar surface area (TPSA) is 59.6 Å². The van der Waals surface area contributed by atoms with Crippen molar-refractivity contribution in [2.75, 3.05) is 14.2 Å². The lowest BCUT2D eigenvalue weighted by Gasteiger charge is -2.20. The third-order valence-corrected chi connectivity index (χ3v) is 4.63. The molecule has 0 fully saturated rings. The van der Waals surface area contributed by atoms with Gasteiger partial charge in [-0.1, -0.05) is 31.2 Å². The number of ether oxygens (including phenoxy) is 2. The molecular weight excluding hydrogens is 340 g/mol. The number of benzene rings is 2. The van der Waals surface area contributed by atoms with Gasteiger partial charge in [0.25, 0.3) is 0 Å². The van der Waals surface area contributed by atoms with E-state index in [1.807, 2.05) is 43.3 Å². The molecule has 0 aromatic heterocycles. The van der Waals surface area contributed by atoms with Crippen molar-refractivity contribution in [3.05, 3.63) is 59.7 Å². The molecule has 0 spiro atoms. The number of carbonyl (C=O) groups is 1. The van der Waals surface area contributed by atoms with E-state index in [9.17, 15) is 4.79 Å². The molecule has 2 rings (SSSR count). The maximum absolute atomic E-state index is 12.4. The lowest BCUT2D eigenvalue weighted by molar-refractivity contribution is 0.233. The van der Waals surface area contributed by atoms with Crippen molar-refractivity contribution in [1.82, 2.24) is 10.6 Å².